The van der Waals surface area contributed by atoms with Crippen LogP contribution in [0.4, 0.5) is 0 Å². The summed E-state index contributed by atoms with van der Waals surface area (Å²) in [5.74, 6) is 1.21. The van der Waals surface area contributed by atoms with Gasteiger partial charge in [-0.15, -0.1) is 0 Å². The van der Waals surface area contributed by atoms with Crippen molar-refractivity contribution in [1.29, 1.82) is 0 Å². The molecule has 1 amide bonds. The van der Waals surface area contributed by atoms with Gasteiger partial charge in [-0.05, 0) is 54.3 Å². The number of nitrogens with zero attached hydrogens (tertiary/aromatic N) is 1. The van der Waals surface area contributed by atoms with Crippen LogP contribution in [0.25, 0.3) is 0 Å². The van der Waals surface area contributed by atoms with Crippen LogP contribution in [-0.4, -0.2) is 46.9 Å². The zero-order valence-corrected chi connectivity index (χ0v) is 19.0. The van der Waals surface area contributed by atoms with Gasteiger partial charge in [-0.3, -0.25) is 4.79 Å². The summed E-state index contributed by atoms with van der Waals surface area (Å²) >= 11 is 0. The van der Waals surface area contributed by atoms with Crippen LogP contribution in [0, 0.1) is 0 Å². The fraction of sp³-hybridized carbons (Fsp3) is 0.409. The van der Waals surface area contributed by atoms with Crippen LogP contribution in [0.1, 0.15) is 36.9 Å². The highest BCUT2D eigenvalue weighted by Gasteiger charge is 2.20. The van der Waals surface area contributed by atoms with Crippen LogP contribution in [-0.2, 0) is 21.2 Å². The molecule has 0 aliphatic carbocycles. The number of hydrogen-bond acceptors (Lipinski definition) is 5. The van der Waals surface area contributed by atoms with Crippen molar-refractivity contribution < 1.29 is 22.7 Å². The molecular weight excluding hydrogens is 404 g/mol. The molecule has 2 aromatic rings. The van der Waals surface area contributed by atoms with Gasteiger partial charge in [0.1, 0.15) is 11.5 Å². The molecule has 0 bridgehead atoms. The van der Waals surface area contributed by atoms with Crippen molar-refractivity contribution in [3.63, 3.8) is 0 Å². The van der Waals surface area contributed by atoms with E-state index in [-0.39, 0.29) is 23.3 Å². The summed E-state index contributed by atoms with van der Waals surface area (Å²) < 4.78 is 36.5. The summed E-state index contributed by atoms with van der Waals surface area (Å²) in [7, 11) is 2.54. The molecule has 1 N–H and O–H groups in total. The molecule has 0 aliphatic rings. The van der Waals surface area contributed by atoms with E-state index < -0.39 is 10.0 Å². The number of benzene rings is 2. The molecule has 30 heavy (non-hydrogen) atoms. The minimum Gasteiger partial charge on any atom is -0.497 e. The number of carbonyl (C=O) groups excluding carboxylic acids is 1. The molecular formula is C22H30N2O5S. The minimum absolute atomic E-state index is 0.106. The Bertz CT molecular complexity index is 956. The molecule has 0 aromatic heterocycles. The quantitative estimate of drug-likeness (QED) is 0.621. The van der Waals surface area contributed by atoms with Crippen molar-refractivity contribution in [1.82, 2.24) is 9.62 Å². The van der Waals surface area contributed by atoms with E-state index in [9.17, 15) is 13.2 Å². The van der Waals surface area contributed by atoms with Crippen molar-refractivity contribution in [2.24, 2.45) is 0 Å². The lowest BCUT2D eigenvalue weighted by Gasteiger charge is -2.18. The Hall–Kier alpha value is -2.58. The maximum absolute atomic E-state index is 12.6. The third kappa shape index (κ3) is 5.73. The molecule has 164 valence electrons. The average Bonchev–Trinajstić information content (AvgIpc) is 2.75. The molecule has 0 unspecified atom stereocenters. The first kappa shape index (κ1) is 23.7. The van der Waals surface area contributed by atoms with Crippen LogP contribution < -0.4 is 14.8 Å². The molecule has 0 aliphatic heterocycles. The van der Waals surface area contributed by atoms with Gasteiger partial charge in [-0.25, -0.2) is 12.7 Å². The fourth-order valence-corrected chi connectivity index (χ4v) is 4.05. The van der Waals surface area contributed by atoms with Gasteiger partial charge in [0.15, 0.2) is 0 Å². The number of rotatable bonds is 10. The smallest absolute Gasteiger partial charge is 0.242 e. The molecule has 0 saturated carbocycles. The van der Waals surface area contributed by atoms with E-state index in [2.05, 4.69) is 5.32 Å². The van der Waals surface area contributed by atoms with Gasteiger partial charge in [0.2, 0.25) is 15.9 Å². The van der Waals surface area contributed by atoms with Gasteiger partial charge in [0, 0.05) is 20.5 Å². The Morgan fingerprint density at radius 1 is 1.07 bits per heavy atom. The average molecular weight is 435 g/mol. The van der Waals surface area contributed by atoms with Crippen LogP contribution in [0.3, 0.4) is 0 Å². The number of ether oxygens (including phenoxy) is 2. The molecule has 0 saturated heterocycles. The summed E-state index contributed by atoms with van der Waals surface area (Å²) in [5.41, 5.74) is 1.68. The Labute approximate surface area is 179 Å². The Kier molecular flexibility index (Phi) is 8.25. The number of hydrogen-bond donors (Lipinski definition) is 1. The monoisotopic (exact) mass is 434 g/mol. The molecule has 0 heterocycles. The summed E-state index contributed by atoms with van der Waals surface area (Å²) in [6.45, 7) is 2.01. The van der Waals surface area contributed by atoms with Crippen molar-refractivity contribution in [2.45, 2.75) is 37.1 Å². The molecule has 7 nitrogen and oxygen atoms in total. The minimum atomic E-state index is -3.56. The highest BCUT2D eigenvalue weighted by molar-refractivity contribution is 7.89. The molecule has 1 atom stereocenters. The van der Waals surface area contributed by atoms with E-state index in [4.69, 9.17) is 9.47 Å². The van der Waals surface area contributed by atoms with Crippen LogP contribution in [0.15, 0.2) is 47.4 Å². The van der Waals surface area contributed by atoms with Gasteiger partial charge in [0.25, 0.3) is 0 Å². The SMILES string of the molecule is CC[C@@H](NC(=O)CCc1cc(S(=O)(=O)N(C)C)ccc1OC)c1ccc(OC)cc1. The molecule has 0 fully saturated rings. The van der Waals surface area contributed by atoms with E-state index in [0.717, 1.165) is 22.0 Å². The van der Waals surface area contributed by atoms with Crippen molar-refractivity contribution >= 4 is 15.9 Å². The lowest BCUT2D eigenvalue weighted by molar-refractivity contribution is -0.121. The summed E-state index contributed by atoms with van der Waals surface area (Å²) in [5, 5.41) is 3.04. The first-order valence-electron chi connectivity index (χ1n) is 9.75. The number of aryl methyl sites for hydroxylation is 1. The second-order valence-corrected chi connectivity index (χ2v) is 9.21. The summed E-state index contributed by atoms with van der Waals surface area (Å²) in [6.07, 6.45) is 1.33. The second-order valence-electron chi connectivity index (χ2n) is 7.06. The van der Waals surface area contributed by atoms with E-state index in [1.165, 1.54) is 27.3 Å². The van der Waals surface area contributed by atoms with E-state index in [1.54, 1.807) is 19.2 Å². The molecule has 8 heteroatoms. The standard InChI is InChI=1S/C22H30N2O5S/c1-6-20(16-7-10-18(28-4)11-8-16)23-22(25)14-9-17-15-19(12-13-21(17)29-5)30(26,27)24(2)3/h7-8,10-13,15,20H,6,9,14H2,1-5H3,(H,23,25)/t20-/m1/s1. The van der Waals surface area contributed by atoms with Crippen molar-refractivity contribution in [3.8, 4) is 11.5 Å². The van der Waals surface area contributed by atoms with Gasteiger partial charge < -0.3 is 14.8 Å². The molecule has 2 aromatic carbocycles. The maximum atomic E-state index is 12.6. The first-order chi connectivity index (χ1) is 14.2. The zero-order chi connectivity index (χ0) is 22.3. The Morgan fingerprint density at radius 3 is 2.27 bits per heavy atom. The van der Waals surface area contributed by atoms with Gasteiger partial charge in [-0.2, -0.15) is 0 Å². The van der Waals surface area contributed by atoms with Crippen molar-refractivity contribution in [2.75, 3.05) is 28.3 Å². The number of sulfonamides is 1. The topological polar surface area (TPSA) is 84.9 Å². The van der Waals surface area contributed by atoms with E-state index in [1.807, 2.05) is 31.2 Å². The van der Waals surface area contributed by atoms with E-state index in [0.29, 0.717) is 17.7 Å². The van der Waals surface area contributed by atoms with Gasteiger partial charge >= 0.3 is 0 Å². The second kappa shape index (κ2) is 10.4. The van der Waals surface area contributed by atoms with Gasteiger partial charge in [0.05, 0.1) is 25.2 Å². The van der Waals surface area contributed by atoms with E-state index >= 15 is 0 Å². The number of methoxy groups -OCH3 is 2. The fourth-order valence-electron chi connectivity index (χ4n) is 3.09. The molecule has 2 rings (SSSR count). The van der Waals surface area contributed by atoms with Crippen LogP contribution >= 0.6 is 0 Å². The highest BCUT2D eigenvalue weighted by atomic mass is 32.2. The molecule has 0 spiro atoms. The van der Waals surface area contributed by atoms with Crippen LogP contribution in [0.2, 0.25) is 0 Å². The number of nitrogens with one attached hydrogen (secondary N) is 1. The summed E-state index contributed by atoms with van der Waals surface area (Å²) in [6, 6.07) is 12.2. The number of amides is 1. The predicted molar refractivity (Wildman–Crippen MR) is 116 cm³/mol. The predicted octanol–water partition coefficient (Wildman–Crippen LogP) is 3.15. The summed E-state index contributed by atoms with van der Waals surface area (Å²) in [4.78, 5) is 12.7. The van der Waals surface area contributed by atoms with Crippen LogP contribution in [0.5, 0.6) is 11.5 Å². The number of carbonyl (C=O) groups is 1. The van der Waals surface area contributed by atoms with Gasteiger partial charge in [-0.1, -0.05) is 19.1 Å². The third-order valence-corrected chi connectivity index (χ3v) is 6.72. The first-order valence-corrected chi connectivity index (χ1v) is 11.2. The Balaban J connectivity index is 2.10. The normalized spacial score (nSPS) is 12.5. The zero-order valence-electron chi connectivity index (χ0n) is 18.1. The largest absolute Gasteiger partial charge is 0.497 e. The molecule has 0 radical (unpaired) electrons. The Morgan fingerprint density at radius 2 is 1.73 bits per heavy atom. The third-order valence-electron chi connectivity index (χ3n) is 4.91. The van der Waals surface area contributed by atoms with Crippen molar-refractivity contribution in [3.05, 3.63) is 53.6 Å². The lowest BCUT2D eigenvalue weighted by atomic mass is 10.0. The maximum Gasteiger partial charge on any atom is 0.242 e. The lowest BCUT2D eigenvalue weighted by Crippen LogP contribution is -2.28. The highest BCUT2D eigenvalue weighted by Crippen LogP contribution is 2.25.